The number of ether oxygens (including phenoxy) is 1. The zero-order chi connectivity index (χ0) is 8.43. The maximum absolute atomic E-state index is 10.3. The zero-order valence-electron chi connectivity index (χ0n) is 5.80. The van der Waals surface area contributed by atoms with E-state index in [1.54, 1.807) is 0 Å². The molecule has 1 heterocycles. The molecule has 0 bridgehead atoms. The molecule has 1 rings (SSSR count). The van der Waals surface area contributed by atoms with Crippen LogP contribution in [0.4, 0.5) is 0 Å². The molecule has 0 amide bonds. The Labute approximate surface area is 63.2 Å². The second kappa shape index (κ2) is 3.17. The van der Waals surface area contributed by atoms with Crippen molar-refractivity contribution in [1.82, 2.24) is 0 Å². The second-order valence-corrected chi connectivity index (χ2v) is 2.53. The van der Waals surface area contributed by atoms with E-state index in [4.69, 9.17) is 20.1 Å². The second-order valence-electron chi connectivity index (χ2n) is 2.53. The molecule has 0 unspecified atom stereocenters. The maximum Gasteiger partial charge on any atom is 0.332 e. The standard InChI is InChI=1S/C6H10O5/c7-3-1-5(6(9)10)11-2-4(3)8/h3-5,7-8H,1-2H2,(H,9,10)/t3-,4+,5+/m0/s1. The van der Waals surface area contributed by atoms with Gasteiger partial charge in [0, 0.05) is 6.42 Å². The largest absolute Gasteiger partial charge is 0.479 e. The molecule has 0 aromatic heterocycles. The molecule has 0 spiro atoms. The molecule has 11 heavy (non-hydrogen) atoms. The van der Waals surface area contributed by atoms with Crippen LogP contribution in [0, 0.1) is 0 Å². The van der Waals surface area contributed by atoms with Crippen molar-refractivity contribution in [2.24, 2.45) is 0 Å². The number of carboxylic acid groups (broad SMARTS) is 1. The molecule has 5 heteroatoms. The highest BCUT2D eigenvalue weighted by atomic mass is 16.5. The Balaban J connectivity index is 2.46. The van der Waals surface area contributed by atoms with Gasteiger partial charge < -0.3 is 20.1 Å². The minimum absolute atomic E-state index is 0.0451. The van der Waals surface area contributed by atoms with Crippen molar-refractivity contribution < 1.29 is 24.9 Å². The molecular formula is C6H10O5. The van der Waals surface area contributed by atoms with E-state index in [1.807, 2.05) is 0 Å². The van der Waals surface area contributed by atoms with Gasteiger partial charge in [0.15, 0.2) is 6.10 Å². The summed E-state index contributed by atoms with van der Waals surface area (Å²) in [6.07, 6.45) is -2.96. The van der Waals surface area contributed by atoms with Crippen LogP contribution >= 0.6 is 0 Å². The molecule has 0 aliphatic carbocycles. The van der Waals surface area contributed by atoms with Crippen molar-refractivity contribution >= 4 is 5.97 Å². The molecule has 1 saturated heterocycles. The Morgan fingerprint density at radius 2 is 2.00 bits per heavy atom. The Hall–Kier alpha value is -0.650. The normalized spacial score (nSPS) is 38.5. The number of aliphatic hydroxyl groups excluding tert-OH is 2. The van der Waals surface area contributed by atoms with Gasteiger partial charge in [-0.2, -0.15) is 0 Å². The zero-order valence-corrected chi connectivity index (χ0v) is 5.80. The summed E-state index contributed by atoms with van der Waals surface area (Å²) in [7, 11) is 0. The lowest BCUT2D eigenvalue weighted by molar-refractivity contribution is -0.168. The first kappa shape index (κ1) is 8.45. The molecule has 3 N–H and O–H groups in total. The summed E-state index contributed by atoms with van der Waals surface area (Å²) in [6.45, 7) is -0.113. The average molecular weight is 162 g/mol. The van der Waals surface area contributed by atoms with Gasteiger partial charge >= 0.3 is 5.97 Å². The van der Waals surface area contributed by atoms with Crippen LogP contribution in [0.1, 0.15) is 6.42 Å². The minimum atomic E-state index is -1.10. The summed E-state index contributed by atoms with van der Waals surface area (Å²) >= 11 is 0. The molecule has 0 saturated carbocycles. The number of carbonyl (C=O) groups is 1. The number of carboxylic acids is 1. The van der Waals surface area contributed by atoms with Crippen molar-refractivity contribution in [2.45, 2.75) is 24.7 Å². The first-order valence-electron chi connectivity index (χ1n) is 3.32. The van der Waals surface area contributed by atoms with Crippen LogP contribution in [-0.4, -0.2) is 46.2 Å². The van der Waals surface area contributed by atoms with E-state index in [0.29, 0.717) is 0 Å². The van der Waals surface area contributed by atoms with Crippen LogP contribution in [0.15, 0.2) is 0 Å². The van der Waals surface area contributed by atoms with E-state index in [9.17, 15) is 4.79 Å². The SMILES string of the molecule is O=C(O)[C@H]1C[C@H](O)[C@H](O)CO1. The summed E-state index contributed by atoms with van der Waals surface area (Å²) in [5, 5.41) is 26.3. The van der Waals surface area contributed by atoms with Gasteiger partial charge in [-0.25, -0.2) is 4.79 Å². The molecule has 0 aromatic rings. The van der Waals surface area contributed by atoms with Crippen LogP contribution in [-0.2, 0) is 9.53 Å². The van der Waals surface area contributed by atoms with E-state index >= 15 is 0 Å². The summed E-state index contributed by atoms with van der Waals surface area (Å²) in [5.41, 5.74) is 0. The molecule has 0 radical (unpaired) electrons. The van der Waals surface area contributed by atoms with E-state index in [1.165, 1.54) is 0 Å². The highest BCUT2D eigenvalue weighted by Gasteiger charge is 2.32. The van der Waals surface area contributed by atoms with Crippen molar-refractivity contribution in [3.63, 3.8) is 0 Å². The monoisotopic (exact) mass is 162 g/mol. The van der Waals surface area contributed by atoms with E-state index in [0.717, 1.165) is 0 Å². The quantitative estimate of drug-likeness (QED) is 0.440. The number of aliphatic hydroxyl groups is 2. The summed E-state index contributed by atoms with van der Waals surface area (Å²) in [5.74, 6) is -1.10. The van der Waals surface area contributed by atoms with E-state index in [2.05, 4.69) is 0 Å². The van der Waals surface area contributed by atoms with Crippen LogP contribution in [0.25, 0.3) is 0 Å². The molecule has 1 aliphatic heterocycles. The Kier molecular flexibility index (Phi) is 2.43. The van der Waals surface area contributed by atoms with Crippen molar-refractivity contribution in [1.29, 1.82) is 0 Å². The van der Waals surface area contributed by atoms with Crippen LogP contribution in [0.2, 0.25) is 0 Å². The lowest BCUT2D eigenvalue weighted by Crippen LogP contribution is -2.44. The first-order chi connectivity index (χ1) is 5.11. The fourth-order valence-corrected chi connectivity index (χ4v) is 0.942. The lowest BCUT2D eigenvalue weighted by Gasteiger charge is -2.27. The highest BCUT2D eigenvalue weighted by Crippen LogP contribution is 2.14. The third-order valence-corrected chi connectivity index (χ3v) is 1.64. The Morgan fingerprint density at radius 3 is 2.45 bits per heavy atom. The van der Waals surface area contributed by atoms with Gasteiger partial charge in [0.1, 0.15) is 6.10 Å². The minimum Gasteiger partial charge on any atom is -0.479 e. The average Bonchev–Trinajstić information content (AvgIpc) is 1.94. The van der Waals surface area contributed by atoms with Crippen molar-refractivity contribution in [3.05, 3.63) is 0 Å². The number of hydrogen-bond acceptors (Lipinski definition) is 4. The fraction of sp³-hybridized carbons (Fsp3) is 0.833. The third kappa shape index (κ3) is 1.89. The van der Waals surface area contributed by atoms with Gasteiger partial charge in [0.2, 0.25) is 0 Å². The molecule has 64 valence electrons. The lowest BCUT2D eigenvalue weighted by atomic mass is 10.0. The highest BCUT2D eigenvalue weighted by molar-refractivity contribution is 5.72. The molecule has 5 nitrogen and oxygen atoms in total. The third-order valence-electron chi connectivity index (χ3n) is 1.64. The summed E-state index contributed by atoms with van der Waals surface area (Å²) in [6, 6.07) is 0. The summed E-state index contributed by atoms with van der Waals surface area (Å²) in [4.78, 5) is 10.3. The van der Waals surface area contributed by atoms with Crippen molar-refractivity contribution in [3.8, 4) is 0 Å². The fourth-order valence-electron chi connectivity index (χ4n) is 0.942. The molecule has 1 fully saturated rings. The van der Waals surface area contributed by atoms with Gasteiger partial charge in [-0.05, 0) is 0 Å². The first-order valence-corrected chi connectivity index (χ1v) is 3.32. The number of aliphatic carboxylic acids is 1. The molecule has 1 aliphatic rings. The van der Waals surface area contributed by atoms with Crippen molar-refractivity contribution in [2.75, 3.05) is 6.61 Å². The maximum atomic E-state index is 10.3. The van der Waals surface area contributed by atoms with E-state index in [-0.39, 0.29) is 13.0 Å². The topological polar surface area (TPSA) is 87.0 Å². The van der Waals surface area contributed by atoms with Gasteiger partial charge in [-0.15, -0.1) is 0 Å². The molecule has 3 atom stereocenters. The van der Waals surface area contributed by atoms with Crippen LogP contribution < -0.4 is 0 Å². The Morgan fingerprint density at radius 1 is 1.36 bits per heavy atom. The van der Waals surface area contributed by atoms with Crippen LogP contribution in [0.5, 0.6) is 0 Å². The van der Waals surface area contributed by atoms with Gasteiger partial charge in [0.25, 0.3) is 0 Å². The number of rotatable bonds is 1. The Bertz CT molecular complexity index is 157. The number of hydrogen-bond donors (Lipinski definition) is 3. The molecule has 0 aromatic carbocycles. The van der Waals surface area contributed by atoms with Gasteiger partial charge in [0.05, 0.1) is 12.7 Å². The summed E-state index contributed by atoms with van der Waals surface area (Å²) < 4.78 is 4.71. The smallest absolute Gasteiger partial charge is 0.332 e. The van der Waals surface area contributed by atoms with Crippen LogP contribution in [0.3, 0.4) is 0 Å². The van der Waals surface area contributed by atoms with Gasteiger partial charge in [-0.3, -0.25) is 0 Å². The van der Waals surface area contributed by atoms with Gasteiger partial charge in [-0.1, -0.05) is 0 Å². The predicted molar refractivity (Wildman–Crippen MR) is 34.0 cm³/mol. The molecular weight excluding hydrogens is 152 g/mol. The van der Waals surface area contributed by atoms with E-state index < -0.39 is 24.3 Å². The predicted octanol–water partition coefficient (Wildman–Crippen LogP) is -1.42.